The average Bonchev–Trinajstić information content (AvgIpc) is 2.60. The molecule has 0 aliphatic carbocycles. The van der Waals surface area contributed by atoms with E-state index in [-0.39, 0.29) is 11.5 Å². The Labute approximate surface area is 151 Å². The zero-order valence-corrected chi connectivity index (χ0v) is 15.3. The summed E-state index contributed by atoms with van der Waals surface area (Å²) >= 11 is 0. The number of unbranched alkanes of at least 4 members (excludes halogenated alkanes) is 7. The van der Waals surface area contributed by atoms with Crippen molar-refractivity contribution in [1.82, 2.24) is 0 Å². The second kappa shape index (κ2) is 12.6. The first-order valence-corrected chi connectivity index (χ1v) is 9.42. The molecule has 0 fully saturated rings. The van der Waals surface area contributed by atoms with Crippen molar-refractivity contribution in [2.24, 2.45) is 11.1 Å². The third-order valence-corrected chi connectivity index (χ3v) is 4.56. The molecule has 25 heavy (non-hydrogen) atoms. The van der Waals surface area contributed by atoms with Crippen molar-refractivity contribution >= 4 is 5.71 Å². The first kappa shape index (κ1) is 21.3. The van der Waals surface area contributed by atoms with Crippen molar-refractivity contribution in [3.05, 3.63) is 23.8 Å². The minimum absolute atomic E-state index is 0.0130. The van der Waals surface area contributed by atoms with Gasteiger partial charge in [-0.1, -0.05) is 63.4 Å². The number of hydrogen-bond acceptors (Lipinski definition) is 5. The molecule has 1 aromatic rings. The fourth-order valence-electron chi connectivity index (χ4n) is 3.06. The lowest BCUT2D eigenvalue weighted by Crippen LogP contribution is -2.08. The molecule has 0 saturated carbocycles. The zero-order chi connectivity index (χ0) is 18.5. The van der Waals surface area contributed by atoms with Crippen LogP contribution in [0.25, 0.3) is 0 Å². The SMILES string of the molecule is CC(CCCCCCCCCCO)CC(=NO)c1cc(O)ccc1O. The lowest BCUT2D eigenvalue weighted by atomic mass is 9.93. The van der Waals surface area contributed by atoms with Gasteiger partial charge in [0.25, 0.3) is 0 Å². The quantitative estimate of drug-likeness (QED) is 0.135. The van der Waals surface area contributed by atoms with Crippen molar-refractivity contribution in [2.75, 3.05) is 6.61 Å². The van der Waals surface area contributed by atoms with Gasteiger partial charge in [0.15, 0.2) is 0 Å². The van der Waals surface area contributed by atoms with Gasteiger partial charge >= 0.3 is 0 Å². The summed E-state index contributed by atoms with van der Waals surface area (Å²) in [4.78, 5) is 0. The van der Waals surface area contributed by atoms with E-state index in [0.717, 1.165) is 25.7 Å². The molecular weight excluding hydrogens is 318 g/mol. The number of aliphatic hydroxyl groups excluding tert-OH is 1. The number of rotatable bonds is 13. The van der Waals surface area contributed by atoms with Gasteiger partial charge in [-0.2, -0.15) is 0 Å². The van der Waals surface area contributed by atoms with Crippen molar-refractivity contribution in [3.63, 3.8) is 0 Å². The molecule has 0 heterocycles. The van der Waals surface area contributed by atoms with Crippen LogP contribution in [-0.2, 0) is 0 Å². The van der Waals surface area contributed by atoms with Gasteiger partial charge in [-0.25, -0.2) is 0 Å². The molecule has 0 aromatic heterocycles. The Bertz CT molecular complexity index is 516. The number of phenolic OH excluding ortho intramolecular Hbond substituents is 2. The van der Waals surface area contributed by atoms with Gasteiger partial charge in [0.05, 0.1) is 5.71 Å². The van der Waals surface area contributed by atoms with Gasteiger partial charge in [-0.15, -0.1) is 0 Å². The minimum Gasteiger partial charge on any atom is -0.508 e. The molecule has 142 valence electrons. The first-order chi connectivity index (χ1) is 12.1. The maximum atomic E-state index is 9.88. The van der Waals surface area contributed by atoms with E-state index in [2.05, 4.69) is 12.1 Å². The summed E-state index contributed by atoms with van der Waals surface area (Å²) in [7, 11) is 0. The molecule has 1 aromatic carbocycles. The Morgan fingerprint density at radius 1 is 0.960 bits per heavy atom. The van der Waals surface area contributed by atoms with Gasteiger partial charge in [-0.3, -0.25) is 0 Å². The molecule has 1 rings (SSSR count). The Morgan fingerprint density at radius 2 is 1.56 bits per heavy atom. The van der Waals surface area contributed by atoms with Gasteiger partial charge in [0.1, 0.15) is 11.5 Å². The van der Waals surface area contributed by atoms with Gasteiger partial charge in [0, 0.05) is 12.2 Å². The highest BCUT2D eigenvalue weighted by Crippen LogP contribution is 2.26. The molecule has 0 radical (unpaired) electrons. The van der Waals surface area contributed by atoms with Gasteiger partial charge in [-0.05, 0) is 37.0 Å². The summed E-state index contributed by atoms with van der Waals surface area (Å²) in [6, 6.07) is 4.23. The van der Waals surface area contributed by atoms with E-state index in [0.29, 0.717) is 30.2 Å². The molecule has 0 bridgehead atoms. The third-order valence-electron chi connectivity index (χ3n) is 4.56. The molecule has 0 saturated heterocycles. The Morgan fingerprint density at radius 3 is 2.16 bits per heavy atom. The van der Waals surface area contributed by atoms with Gasteiger partial charge < -0.3 is 20.5 Å². The normalized spacial score (nSPS) is 13.1. The first-order valence-electron chi connectivity index (χ1n) is 9.42. The standard InChI is InChI=1S/C20H33NO4/c1-16(10-8-6-4-2-3-5-7-9-13-22)14-19(21-25)18-15-17(23)11-12-20(18)24/h11-12,15-16,22-25H,2-10,13-14H2,1H3. The molecule has 5 nitrogen and oxygen atoms in total. The van der Waals surface area contributed by atoms with E-state index in [1.165, 1.54) is 50.3 Å². The van der Waals surface area contributed by atoms with E-state index in [1.807, 2.05) is 0 Å². The Hall–Kier alpha value is -1.75. The van der Waals surface area contributed by atoms with Crippen LogP contribution >= 0.6 is 0 Å². The molecule has 4 N–H and O–H groups in total. The predicted molar refractivity (Wildman–Crippen MR) is 101 cm³/mol. The maximum Gasteiger partial charge on any atom is 0.125 e. The number of hydrogen-bond donors (Lipinski definition) is 4. The lowest BCUT2D eigenvalue weighted by Gasteiger charge is -2.13. The van der Waals surface area contributed by atoms with E-state index in [1.54, 1.807) is 0 Å². The average molecular weight is 351 g/mol. The third kappa shape index (κ3) is 8.77. The van der Waals surface area contributed by atoms with Crippen LogP contribution in [-0.4, -0.2) is 32.8 Å². The van der Waals surface area contributed by atoms with Crippen LogP contribution < -0.4 is 0 Å². The highest BCUT2D eigenvalue weighted by molar-refractivity contribution is 6.02. The van der Waals surface area contributed by atoms with Crippen LogP contribution in [0.1, 0.15) is 76.7 Å². The summed E-state index contributed by atoms with van der Waals surface area (Å²) in [5.74, 6) is 0.400. The largest absolute Gasteiger partial charge is 0.508 e. The lowest BCUT2D eigenvalue weighted by molar-refractivity contribution is 0.282. The highest BCUT2D eigenvalue weighted by Gasteiger charge is 2.14. The van der Waals surface area contributed by atoms with Gasteiger partial charge in [0.2, 0.25) is 0 Å². The summed E-state index contributed by atoms with van der Waals surface area (Å²) < 4.78 is 0. The topological polar surface area (TPSA) is 93.3 Å². The number of phenols is 2. The van der Waals surface area contributed by atoms with E-state index in [4.69, 9.17) is 5.11 Å². The molecule has 1 unspecified atom stereocenters. The summed E-state index contributed by atoms with van der Waals surface area (Å²) in [6.07, 6.45) is 10.9. The molecule has 1 atom stereocenters. The summed E-state index contributed by atoms with van der Waals surface area (Å²) in [5.41, 5.74) is 0.794. The molecule has 5 heteroatoms. The van der Waals surface area contributed by atoms with E-state index >= 15 is 0 Å². The monoisotopic (exact) mass is 351 g/mol. The fourth-order valence-corrected chi connectivity index (χ4v) is 3.06. The Kier molecular flexibility index (Phi) is 10.7. The number of benzene rings is 1. The number of nitrogens with zero attached hydrogens (tertiary/aromatic N) is 1. The fraction of sp³-hybridized carbons (Fsp3) is 0.650. The molecule has 0 spiro atoms. The summed E-state index contributed by atoms with van der Waals surface area (Å²) in [6.45, 7) is 2.41. The van der Waals surface area contributed by atoms with Crippen LogP contribution in [0.5, 0.6) is 11.5 Å². The second-order valence-electron chi connectivity index (χ2n) is 6.90. The van der Waals surface area contributed by atoms with E-state index < -0.39 is 0 Å². The van der Waals surface area contributed by atoms with Crippen molar-refractivity contribution in [1.29, 1.82) is 0 Å². The van der Waals surface area contributed by atoms with Crippen LogP contribution in [0.15, 0.2) is 23.4 Å². The Balaban J connectivity index is 2.24. The highest BCUT2D eigenvalue weighted by atomic mass is 16.4. The number of oxime groups is 1. The van der Waals surface area contributed by atoms with Crippen LogP contribution in [0.2, 0.25) is 0 Å². The smallest absolute Gasteiger partial charge is 0.125 e. The molecule has 0 aliphatic rings. The second-order valence-corrected chi connectivity index (χ2v) is 6.90. The molecule has 0 amide bonds. The van der Waals surface area contributed by atoms with Crippen LogP contribution in [0.3, 0.4) is 0 Å². The zero-order valence-electron chi connectivity index (χ0n) is 15.3. The van der Waals surface area contributed by atoms with E-state index in [9.17, 15) is 15.4 Å². The molecule has 0 aliphatic heterocycles. The molecular formula is C20H33NO4. The van der Waals surface area contributed by atoms with Crippen LogP contribution in [0.4, 0.5) is 0 Å². The maximum absolute atomic E-state index is 9.88. The number of aliphatic hydroxyl groups is 1. The number of aromatic hydroxyl groups is 2. The van der Waals surface area contributed by atoms with Crippen molar-refractivity contribution < 1.29 is 20.5 Å². The van der Waals surface area contributed by atoms with Crippen LogP contribution in [0, 0.1) is 5.92 Å². The van der Waals surface area contributed by atoms with Crippen molar-refractivity contribution in [2.45, 2.75) is 71.1 Å². The minimum atomic E-state index is 0.0130. The van der Waals surface area contributed by atoms with Crippen molar-refractivity contribution in [3.8, 4) is 11.5 Å². The summed E-state index contributed by atoms with van der Waals surface area (Å²) in [5, 5.41) is 40.7. The predicted octanol–water partition coefficient (Wildman–Crippen LogP) is 4.81.